The number of benzene rings is 2. The van der Waals surface area contributed by atoms with Crippen LogP contribution >= 0.6 is 15.9 Å². The van der Waals surface area contributed by atoms with Gasteiger partial charge in [0.05, 0.1) is 6.10 Å². The van der Waals surface area contributed by atoms with Gasteiger partial charge in [-0.3, -0.25) is 0 Å². The first-order chi connectivity index (χ1) is 9.65. The van der Waals surface area contributed by atoms with Crippen molar-refractivity contribution in [3.05, 3.63) is 58.6 Å². The van der Waals surface area contributed by atoms with Crippen molar-refractivity contribution >= 4 is 15.9 Å². The predicted octanol–water partition coefficient (Wildman–Crippen LogP) is 3.96. The molecule has 106 valence electrons. The Balaban J connectivity index is 1.80. The highest BCUT2D eigenvalue weighted by Crippen LogP contribution is 2.19. The van der Waals surface area contributed by atoms with Gasteiger partial charge in [-0.1, -0.05) is 34.1 Å². The molecule has 0 aliphatic heterocycles. The molecule has 2 rings (SSSR count). The molecule has 4 heteroatoms. The third kappa shape index (κ3) is 4.54. The molecule has 0 saturated heterocycles. The van der Waals surface area contributed by atoms with Crippen LogP contribution in [0.1, 0.15) is 18.6 Å². The molecule has 1 atom stereocenters. The van der Waals surface area contributed by atoms with Crippen LogP contribution in [-0.2, 0) is 0 Å². The topological polar surface area (TPSA) is 38.7 Å². The van der Waals surface area contributed by atoms with Gasteiger partial charge in [-0.25, -0.2) is 0 Å². The molecule has 0 saturated carbocycles. The van der Waals surface area contributed by atoms with Crippen LogP contribution in [-0.4, -0.2) is 18.3 Å². The summed E-state index contributed by atoms with van der Waals surface area (Å²) in [6.07, 6.45) is -0.489. The number of aliphatic hydroxyl groups is 1. The number of hydrogen-bond acceptors (Lipinski definition) is 3. The summed E-state index contributed by atoms with van der Waals surface area (Å²) in [6, 6.07) is 15.1. The van der Waals surface area contributed by atoms with Gasteiger partial charge in [-0.05, 0) is 42.8 Å². The molecule has 0 unspecified atom stereocenters. The van der Waals surface area contributed by atoms with Gasteiger partial charge in [0, 0.05) is 4.47 Å². The number of halogens is 1. The van der Waals surface area contributed by atoms with Crippen molar-refractivity contribution in [2.75, 3.05) is 13.2 Å². The number of ether oxygens (including phenoxy) is 2. The van der Waals surface area contributed by atoms with Crippen LogP contribution in [0, 0.1) is 0 Å². The van der Waals surface area contributed by atoms with E-state index in [9.17, 15) is 5.11 Å². The Hall–Kier alpha value is -1.52. The minimum absolute atomic E-state index is 0.454. The molecule has 0 spiro atoms. The van der Waals surface area contributed by atoms with Crippen molar-refractivity contribution in [3.63, 3.8) is 0 Å². The fourth-order valence-electron chi connectivity index (χ4n) is 1.74. The minimum atomic E-state index is -0.489. The second-order valence-corrected chi connectivity index (χ2v) is 5.32. The molecule has 0 aliphatic carbocycles. The van der Waals surface area contributed by atoms with E-state index in [0.29, 0.717) is 13.2 Å². The summed E-state index contributed by atoms with van der Waals surface area (Å²) >= 11 is 3.39. The summed E-state index contributed by atoms with van der Waals surface area (Å²) in [5, 5.41) is 9.51. The van der Waals surface area contributed by atoms with Gasteiger partial charge in [0.25, 0.3) is 0 Å². The van der Waals surface area contributed by atoms with E-state index < -0.39 is 6.10 Å². The Kier molecular flexibility index (Phi) is 5.44. The van der Waals surface area contributed by atoms with E-state index in [4.69, 9.17) is 9.47 Å². The van der Waals surface area contributed by atoms with E-state index in [1.807, 2.05) is 48.5 Å². The summed E-state index contributed by atoms with van der Waals surface area (Å²) < 4.78 is 12.2. The fourth-order valence-corrected chi connectivity index (χ4v) is 2.12. The van der Waals surface area contributed by atoms with Gasteiger partial charge in [-0.2, -0.15) is 0 Å². The maximum absolute atomic E-state index is 9.51. The quantitative estimate of drug-likeness (QED) is 0.811. The Morgan fingerprint density at radius 1 is 1.00 bits per heavy atom. The second-order valence-electron chi connectivity index (χ2n) is 4.40. The zero-order valence-electron chi connectivity index (χ0n) is 11.3. The zero-order chi connectivity index (χ0) is 14.4. The molecule has 20 heavy (non-hydrogen) atoms. The molecule has 2 aromatic rings. The number of rotatable bonds is 6. The van der Waals surface area contributed by atoms with Gasteiger partial charge < -0.3 is 14.6 Å². The Bertz CT molecular complexity index is 555. The molecular weight excluding hydrogens is 320 g/mol. The Labute approximate surface area is 127 Å². The highest BCUT2D eigenvalue weighted by Gasteiger charge is 2.02. The zero-order valence-corrected chi connectivity index (χ0v) is 12.8. The second kappa shape index (κ2) is 7.31. The van der Waals surface area contributed by atoms with Crippen molar-refractivity contribution in [1.29, 1.82) is 0 Å². The molecule has 0 amide bonds. The average molecular weight is 337 g/mol. The molecule has 0 radical (unpaired) electrons. The highest BCUT2D eigenvalue weighted by molar-refractivity contribution is 9.10. The molecule has 0 fully saturated rings. The van der Waals surface area contributed by atoms with Gasteiger partial charge in [0.1, 0.15) is 24.7 Å². The van der Waals surface area contributed by atoms with E-state index >= 15 is 0 Å². The predicted molar refractivity (Wildman–Crippen MR) is 82.2 cm³/mol. The van der Waals surface area contributed by atoms with Crippen LogP contribution in [0.25, 0.3) is 0 Å². The Morgan fingerprint density at radius 2 is 1.60 bits per heavy atom. The lowest BCUT2D eigenvalue weighted by atomic mass is 10.1. The van der Waals surface area contributed by atoms with Crippen molar-refractivity contribution in [2.24, 2.45) is 0 Å². The van der Waals surface area contributed by atoms with Crippen molar-refractivity contribution < 1.29 is 14.6 Å². The lowest BCUT2D eigenvalue weighted by Gasteiger charge is -2.10. The van der Waals surface area contributed by atoms with Crippen LogP contribution in [0.2, 0.25) is 0 Å². The lowest BCUT2D eigenvalue weighted by Crippen LogP contribution is -2.09. The summed E-state index contributed by atoms with van der Waals surface area (Å²) in [5.74, 6) is 1.54. The van der Waals surface area contributed by atoms with E-state index in [0.717, 1.165) is 21.5 Å². The summed E-state index contributed by atoms with van der Waals surface area (Å²) in [4.78, 5) is 0. The maximum Gasteiger partial charge on any atom is 0.122 e. The molecule has 0 heterocycles. The van der Waals surface area contributed by atoms with Gasteiger partial charge >= 0.3 is 0 Å². The monoisotopic (exact) mass is 336 g/mol. The smallest absolute Gasteiger partial charge is 0.122 e. The third-order valence-electron chi connectivity index (χ3n) is 2.76. The van der Waals surface area contributed by atoms with E-state index in [2.05, 4.69) is 15.9 Å². The molecule has 0 aliphatic rings. The standard InChI is InChI=1S/C16H17BrO3/c1-12(18)13-4-2-6-15(10-13)19-8-9-20-16-7-3-5-14(17)11-16/h2-7,10-12,18H,8-9H2,1H3/t12-/m1/s1. The van der Waals surface area contributed by atoms with Gasteiger partial charge in [-0.15, -0.1) is 0 Å². The van der Waals surface area contributed by atoms with Crippen molar-refractivity contribution in [2.45, 2.75) is 13.0 Å². The van der Waals surface area contributed by atoms with Gasteiger partial charge in [0.15, 0.2) is 0 Å². The minimum Gasteiger partial charge on any atom is -0.490 e. The molecule has 2 aromatic carbocycles. The van der Waals surface area contributed by atoms with Crippen molar-refractivity contribution in [1.82, 2.24) is 0 Å². The largest absolute Gasteiger partial charge is 0.490 e. The van der Waals surface area contributed by atoms with Crippen LogP contribution < -0.4 is 9.47 Å². The first-order valence-electron chi connectivity index (χ1n) is 6.44. The van der Waals surface area contributed by atoms with Crippen LogP contribution in [0.3, 0.4) is 0 Å². The number of aliphatic hydroxyl groups excluding tert-OH is 1. The Morgan fingerprint density at radius 3 is 2.20 bits per heavy atom. The van der Waals surface area contributed by atoms with Crippen LogP contribution in [0.15, 0.2) is 53.0 Å². The molecule has 0 bridgehead atoms. The van der Waals surface area contributed by atoms with E-state index in [-0.39, 0.29) is 0 Å². The highest BCUT2D eigenvalue weighted by atomic mass is 79.9. The SMILES string of the molecule is C[C@@H](O)c1cccc(OCCOc2cccc(Br)c2)c1. The summed E-state index contributed by atoms with van der Waals surface area (Å²) in [5.41, 5.74) is 0.843. The summed E-state index contributed by atoms with van der Waals surface area (Å²) in [7, 11) is 0. The van der Waals surface area contributed by atoms with Gasteiger partial charge in [0.2, 0.25) is 0 Å². The molecule has 1 N–H and O–H groups in total. The number of hydrogen-bond donors (Lipinski definition) is 1. The molecular formula is C16H17BrO3. The fraction of sp³-hybridized carbons (Fsp3) is 0.250. The normalized spacial score (nSPS) is 11.9. The van der Waals surface area contributed by atoms with Crippen molar-refractivity contribution in [3.8, 4) is 11.5 Å². The molecule has 0 aromatic heterocycles. The summed E-state index contributed by atoms with van der Waals surface area (Å²) in [6.45, 7) is 2.65. The van der Waals surface area contributed by atoms with E-state index in [1.54, 1.807) is 6.92 Å². The lowest BCUT2D eigenvalue weighted by molar-refractivity contribution is 0.196. The first kappa shape index (κ1) is 14.9. The van der Waals surface area contributed by atoms with Crippen LogP contribution in [0.4, 0.5) is 0 Å². The average Bonchev–Trinajstić information content (AvgIpc) is 2.44. The van der Waals surface area contributed by atoms with E-state index in [1.165, 1.54) is 0 Å². The molecule has 3 nitrogen and oxygen atoms in total. The van der Waals surface area contributed by atoms with Crippen LogP contribution in [0.5, 0.6) is 11.5 Å². The maximum atomic E-state index is 9.51. The first-order valence-corrected chi connectivity index (χ1v) is 7.23. The third-order valence-corrected chi connectivity index (χ3v) is 3.25.